The molecular formula is C12H18N6O2. The Bertz CT molecular complexity index is 456. The van der Waals surface area contributed by atoms with Crippen LogP contribution in [0.5, 0.6) is 0 Å². The lowest BCUT2D eigenvalue weighted by atomic mass is 10.3. The number of aromatic nitrogens is 1. The van der Waals surface area contributed by atoms with E-state index in [9.17, 15) is 5.21 Å². The highest BCUT2D eigenvalue weighted by Crippen LogP contribution is 2.01. The van der Waals surface area contributed by atoms with Gasteiger partial charge in [0.15, 0.2) is 0 Å². The Morgan fingerprint density at radius 2 is 2.15 bits per heavy atom. The van der Waals surface area contributed by atoms with Crippen molar-refractivity contribution < 1.29 is 10.2 Å². The smallest absolute Gasteiger partial charge is 0.230 e. The van der Waals surface area contributed by atoms with Gasteiger partial charge in [0.25, 0.3) is 0 Å². The standard InChI is InChI=1S/C12H18N6O2/c19-15-18(20)17-9-7-16(8-10-17)6-5-13-11-12-3-1-2-4-14-12/h1-4,11,19H,5-10H2. The van der Waals surface area contributed by atoms with E-state index in [4.69, 9.17) is 5.21 Å². The number of hydrazine groups is 1. The minimum Gasteiger partial charge on any atom is -0.569 e. The first-order valence-electron chi connectivity index (χ1n) is 6.50. The molecule has 0 radical (unpaired) electrons. The zero-order valence-corrected chi connectivity index (χ0v) is 11.2. The largest absolute Gasteiger partial charge is 0.569 e. The Morgan fingerprint density at radius 3 is 2.80 bits per heavy atom. The van der Waals surface area contributed by atoms with Gasteiger partial charge >= 0.3 is 0 Å². The van der Waals surface area contributed by atoms with E-state index >= 15 is 0 Å². The summed E-state index contributed by atoms with van der Waals surface area (Å²) in [6, 6.07) is 5.70. The fourth-order valence-electron chi connectivity index (χ4n) is 2.00. The summed E-state index contributed by atoms with van der Waals surface area (Å²) in [5, 5.41) is 23.5. The molecule has 0 bridgehead atoms. The molecule has 1 saturated heterocycles. The zero-order chi connectivity index (χ0) is 14.2. The third-order valence-electron chi connectivity index (χ3n) is 3.12. The van der Waals surface area contributed by atoms with Crippen molar-refractivity contribution in [2.75, 3.05) is 39.3 Å². The number of rotatable bonds is 5. The van der Waals surface area contributed by atoms with Gasteiger partial charge in [-0.15, -0.1) is 5.01 Å². The highest BCUT2D eigenvalue weighted by molar-refractivity contribution is 5.76. The summed E-state index contributed by atoms with van der Waals surface area (Å²) in [4.78, 5) is 10.9. The second kappa shape index (κ2) is 7.39. The number of piperazine rings is 1. The maximum absolute atomic E-state index is 11.1. The molecule has 2 heterocycles. The lowest BCUT2D eigenvalue weighted by Gasteiger charge is -2.30. The zero-order valence-electron chi connectivity index (χ0n) is 11.2. The van der Waals surface area contributed by atoms with Crippen molar-refractivity contribution in [2.45, 2.75) is 0 Å². The normalized spacial score (nSPS) is 17.8. The van der Waals surface area contributed by atoms with Gasteiger partial charge in [-0.3, -0.25) is 14.9 Å². The third kappa shape index (κ3) is 4.16. The Morgan fingerprint density at radius 1 is 1.35 bits per heavy atom. The summed E-state index contributed by atoms with van der Waals surface area (Å²) in [7, 11) is 0. The van der Waals surface area contributed by atoms with E-state index < -0.39 is 0 Å². The molecule has 8 nitrogen and oxygen atoms in total. The Kier molecular flexibility index (Phi) is 5.24. The van der Waals surface area contributed by atoms with Crippen molar-refractivity contribution in [1.82, 2.24) is 14.9 Å². The lowest BCUT2D eigenvalue weighted by molar-refractivity contribution is -0.711. The van der Waals surface area contributed by atoms with Gasteiger partial charge in [0.05, 0.1) is 30.3 Å². The fraction of sp³-hybridized carbons (Fsp3) is 0.500. The summed E-state index contributed by atoms with van der Waals surface area (Å²) >= 11 is 0. The first kappa shape index (κ1) is 14.2. The van der Waals surface area contributed by atoms with Crippen LogP contribution in [0.15, 0.2) is 34.7 Å². The predicted molar refractivity (Wildman–Crippen MR) is 72.6 cm³/mol. The molecule has 1 aromatic rings. The minimum absolute atomic E-state index is 0.233. The molecule has 0 atom stereocenters. The molecule has 1 aliphatic heterocycles. The van der Waals surface area contributed by atoms with Gasteiger partial charge in [-0.25, -0.2) is 0 Å². The molecule has 1 aliphatic rings. The van der Waals surface area contributed by atoms with Gasteiger partial charge in [0.1, 0.15) is 0 Å². The summed E-state index contributed by atoms with van der Waals surface area (Å²) in [5.74, 6) is 0. The molecule has 0 spiro atoms. The molecule has 20 heavy (non-hydrogen) atoms. The van der Waals surface area contributed by atoms with Crippen LogP contribution < -0.4 is 0 Å². The highest BCUT2D eigenvalue weighted by Gasteiger charge is 2.21. The maximum Gasteiger partial charge on any atom is 0.230 e. The van der Waals surface area contributed by atoms with E-state index in [1.165, 1.54) is 5.01 Å². The molecule has 2 rings (SSSR count). The summed E-state index contributed by atoms with van der Waals surface area (Å²) < 4.78 is 0. The number of nitrogens with zero attached hydrogens (tertiary/aromatic N) is 6. The van der Waals surface area contributed by atoms with Gasteiger partial charge in [-0.05, 0) is 12.1 Å². The average Bonchev–Trinajstić information content (AvgIpc) is 2.52. The van der Waals surface area contributed by atoms with E-state index in [2.05, 4.69) is 20.2 Å². The molecule has 8 heteroatoms. The topological polar surface area (TPSA) is 90.4 Å². The highest BCUT2D eigenvalue weighted by atomic mass is 16.6. The molecule has 0 unspecified atom stereocenters. The second-order valence-corrected chi connectivity index (χ2v) is 4.43. The van der Waals surface area contributed by atoms with Crippen LogP contribution >= 0.6 is 0 Å². The Hall–Kier alpha value is -2.22. The van der Waals surface area contributed by atoms with Gasteiger partial charge in [0, 0.05) is 32.0 Å². The first-order chi connectivity index (χ1) is 9.79. The van der Waals surface area contributed by atoms with Crippen molar-refractivity contribution in [2.24, 2.45) is 10.3 Å². The van der Waals surface area contributed by atoms with E-state index in [-0.39, 0.29) is 4.97 Å². The van der Waals surface area contributed by atoms with Crippen LogP contribution in [0, 0.1) is 5.21 Å². The molecule has 1 fully saturated rings. The average molecular weight is 278 g/mol. The Labute approximate surface area is 117 Å². The molecule has 1 aromatic heterocycles. The monoisotopic (exact) mass is 278 g/mol. The van der Waals surface area contributed by atoms with Crippen molar-refractivity contribution in [3.05, 3.63) is 35.3 Å². The van der Waals surface area contributed by atoms with Gasteiger partial charge in [-0.2, -0.15) is 0 Å². The van der Waals surface area contributed by atoms with E-state index in [0.717, 1.165) is 25.3 Å². The van der Waals surface area contributed by atoms with Crippen molar-refractivity contribution >= 4 is 6.21 Å². The van der Waals surface area contributed by atoms with Crippen LogP contribution in [0.2, 0.25) is 0 Å². The summed E-state index contributed by atoms with van der Waals surface area (Å²) in [6.45, 7) is 4.16. The van der Waals surface area contributed by atoms with Crippen LogP contribution in [-0.2, 0) is 0 Å². The van der Waals surface area contributed by atoms with Crippen LogP contribution in [0.3, 0.4) is 0 Å². The van der Waals surface area contributed by atoms with Crippen molar-refractivity contribution in [1.29, 1.82) is 0 Å². The number of aliphatic imine (C=N–C) groups is 1. The van der Waals surface area contributed by atoms with E-state index in [0.29, 0.717) is 19.6 Å². The predicted octanol–water partition coefficient (Wildman–Crippen LogP) is 0.385. The summed E-state index contributed by atoms with van der Waals surface area (Å²) in [5.41, 5.74) is 0.851. The van der Waals surface area contributed by atoms with Crippen molar-refractivity contribution in [3.8, 4) is 0 Å². The van der Waals surface area contributed by atoms with E-state index in [1.807, 2.05) is 18.2 Å². The first-order valence-corrected chi connectivity index (χ1v) is 6.50. The SMILES string of the molecule is [O-][N+](=NO)N1CCN(CCN=Cc2ccccn2)CC1. The van der Waals surface area contributed by atoms with Gasteiger partial charge in [0.2, 0.25) is 5.28 Å². The molecule has 0 aromatic carbocycles. The lowest BCUT2D eigenvalue weighted by Crippen LogP contribution is -2.49. The molecular weight excluding hydrogens is 260 g/mol. The van der Waals surface area contributed by atoms with Crippen LogP contribution in [0.4, 0.5) is 0 Å². The molecule has 1 N–H and O–H groups in total. The van der Waals surface area contributed by atoms with Crippen LogP contribution in [-0.4, -0.2) is 70.6 Å². The fourth-order valence-corrected chi connectivity index (χ4v) is 2.00. The number of hydrogen-bond donors (Lipinski definition) is 1. The van der Waals surface area contributed by atoms with Crippen molar-refractivity contribution in [3.63, 3.8) is 0 Å². The molecule has 0 amide bonds. The molecule has 0 aliphatic carbocycles. The van der Waals surface area contributed by atoms with Gasteiger partial charge < -0.3 is 10.4 Å². The maximum atomic E-state index is 11.1. The van der Waals surface area contributed by atoms with E-state index in [1.54, 1.807) is 12.4 Å². The quantitative estimate of drug-likeness (QED) is 0.364. The van der Waals surface area contributed by atoms with Crippen LogP contribution in [0.1, 0.15) is 5.69 Å². The summed E-state index contributed by atoms with van der Waals surface area (Å²) in [6.07, 6.45) is 3.50. The minimum atomic E-state index is 0.233. The Balaban J connectivity index is 1.68. The number of pyridine rings is 1. The molecule has 0 saturated carbocycles. The molecule has 108 valence electrons. The second-order valence-electron chi connectivity index (χ2n) is 4.43. The van der Waals surface area contributed by atoms with Gasteiger partial charge in [-0.1, -0.05) is 6.07 Å². The third-order valence-corrected chi connectivity index (χ3v) is 3.12. The number of hydrogen-bond acceptors (Lipinski definition) is 5. The van der Waals surface area contributed by atoms with Crippen LogP contribution in [0.25, 0.3) is 0 Å².